The molecule has 0 unspecified atom stereocenters. The number of imidazole rings is 1. The Morgan fingerprint density at radius 1 is 1.35 bits per heavy atom. The van der Waals surface area contributed by atoms with Crippen LogP contribution in [0.1, 0.15) is 13.3 Å². The van der Waals surface area contributed by atoms with Crippen LogP contribution in [0.3, 0.4) is 0 Å². The maximum absolute atomic E-state index is 11.4. The van der Waals surface area contributed by atoms with Gasteiger partial charge in [0.15, 0.2) is 0 Å². The second kappa shape index (κ2) is 6.68. The number of aromatic nitrogens is 4. The topological polar surface area (TPSA) is 108 Å². The normalized spacial score (nSPS) is 20.2. The van der Waals surface area contributed by atoms with Gasteiger partial charge in [-0.2, -0.15) is 4.98 Å². The van der Waals surface area contributed by atoms with E-state index in [-0.39, 0.29) is 23.5 Å². The molecule has 4 rings (SSSR count). The van der Waals surface area contributed by atoms with Gasteiger partial charge in [0.25, 0.3) is 0 Å². The van der Waals surface area contributed by atoms with Crippen molar-refractivity contribution in [1.82, 2.24) is 19.5 Å². The number of nitro groups is 1. The van der Waals surface area contributed by atoms with Crippen molar-refractivity contribution in [2.45, 2.75) is 19.4 Å². The molecule has 0 bridgehead atoms. The average Bonchev–Trinajstić information content (AvgIpc) is 3.07. The quantitative estimate of drug-likeness (QED) is 0.566. The van der Waals surface area contributed by atoms with Gasteiger partial charge in [0, 0.05) is 12.6 Å². The Morgan fingerprint density at radius 2 is 2.19 bits per heavy atom. The zero-order chi connectivity index (χ0) is 18.1. The average molecular weight is 354 g/mol. The molecule has 9 nitrogen and oxygen atoms in total. The first-order chi connectivity index (χ1) is 12.6. The molecule has 1 aliphatic heterocycles. The first-order valence-corrected chi connectivity index (χ1v) is 8.41. The van der Waals surface area contributed by atoms with E-state index < -0.39 is 4.92 Å². The molecule has 0 radical (unpaired) electrons. The van der Waals surface area contributed by atoms with Gasteiger partial charge in [0.2, 0.25) is 11.8 Å². The third kappa shape index (κ3) is 2.97. The van der Waals surface area contributed by atoms with Crippen molar-refractivity contribution in [2.75, 3.05) is 18.5 Å². The first-order valence-electron chi connectivity index (χ1n) is 8.41. The van der Waals surface area contributed by atoms with Gasteiger partial charge >= 0.3 is 5.69 Å². The minimum absolute atomic E-state index is 0.0599. The molecule has 1 fully saturated rings. The smallest absolute Gasteiger partial charge is 0.329 e. The van der Waals surface area contributed by atoms with E-state index in [9.17, 15) is 10.1 Å². The summed E-state index contributed by atoms with van der Waals surface area (Å²) in [6, 6.07) is 7.65. The molecule has 1 aromatic carbocycles. The number of para-hydroxylation sites is 2. The molecule has 1 N–H and O–H groups in total. The molecule has 26 heavy (non-hydrogen) atoms. The lowest BCUT2D eigenvalue weighted by Gasteiger charge is -2.29. The summed E-state index contributed by atoms with van der Waals surface area (Å²) in [7, 11) is 0. The van der Waals surface area contributed by atoms with Crippen LogP contribution in [0.2, 0.25) is 0 Å². The number of nitrogens with zero attached hydrogens (tertiary/aromatic N) is 5. The number of rotatable bonds is 4. The van der Waals surface area contributed by atoms with Crippen LogP contribution in [0, 0.1) is 16.0 Å². The SMILES string of the molecule is C[C@H]1COCC[C@H]1Nc1nc(-n2cnc3ccccc32)ncc1[N+](=O)[O-]. The Kier molecular flexibility index (Phi) is 4.21. The van der Waals surface area contributed by atoms with E-state index in [0.29, 0.717) is 19.2 Å². The summed E-state index contributed by atoms with van der Waals surface area (Å²) < 4.78 is 7.16. The molecule has 2 atom stereocenters. The molecule has 9 heteroatoms. The Balaban J connectivity index is 1.74. The number of anilines is 1. The summed E-state index contributed by atoms with van der Waals surface area (Å²) in [6.07, 6.45) is 3.63. The Hall–Kier alpha value is -3.07. The molecule has 1 saturated heterocycles. The second-order valence-electron chi connectivity index (χ2n) is 6.36. The predicted octanol–water partition coefficient (Wildman–Crippen LogP) is 2.56. The van der Waals surface area contributed by atoms with Crippen molar-refractivity contribution < 1.29 is 9.66 Å². The van der Waals surface area contributed by atoms with E-state index in [0.717, 1.165) is 17.5 Å². The minimum atomic E-state index is -0.470. The van der Waals surface area contributed by atoms with E-state index in [1.54, 1.807) is 10.9 Å². The fourth-order valence-electron chi connectivity index (χ4n) is 3.11. The lowest BCUT2D eigenvalue weighted by atomic mass is 9.98. The van der Waals surface area contributed by atoms with Gasteiger partial charge < -0.3 is 10.1 Å². The summed E-state index contributed by atoms with van der Waals surface area (Å²) in [5.41, 5.74) is 1.51. The zero-order valence-electron chi connectivity index (χ0n) is 14.2. The van der Waals surface area contributed by atoms with Crippen LogP contribution in [0.25, 0.3) is 17.0 Å². The van der Waals surface area contributed by atoms with Gasteiger partial charge in [-0.15, -0.1) is 0 Å². The van der Waals surface area contributed by atoms with Gasteiger partial charge in [-0.3, -0.25) is 14.7 Å². The zero-order valence-corrected chi connectivity index (χ0v) is 14.2. The molecule has 3 aromatic rings. The molecular formula is C17H18N6O3. The van der Waals surface area contributed by atoms with Crippen LogP contribution in [-0.2, 0) is 4.74 Å². The maximum Gasteiger partial charge on any atom is 0.329 e. The number of ether oxygens (including phenoxy) is 1. The number of hydrogen-bond acceptors (Lipinski definition) is 7. The molecule has 0 amide bonds. The van der Waals surface area contributed by atoms with Crippen LogP contribution in [-0.4, -0.2) is 43.7 Å². The van der Waals surface area contributed by atoms with E-state index in [2.05, 4.69) is 20.3 Å². The summed E-state index contributed by atoms with van der Waals surface area (Å²) >= 11 is 0. The Morgan fingerprint density at radius 3 is 3.00 bits per heavy atom. The van der Waals surface area contributed by atoms with Gasteiger partial charge in [-0.05, 0) is 24.5 Å². The van der Waals surface area contributed by atoms with Crippen molar-refractivity contribution in [3.05, 3.63) is 46.9 Å². The van der Waals surface area contributed by atoms with E-state index in [1.165, 1.54) is 6.20 Å². The Bertz CT molecular complexity index is 957. The standard InChI is InChI=1S/C17H18N6O3/c1-11-9-26-7-6-12(11)20-16-15(23(24)25)8-18-17(21-16)22-10-19-13-4-2-3-5-14(13)22/h2-5,8,10-12H,6-7,9H2,1H3,(H,18,20,21)/t11-,12+/m0/s1. The highest BCUT2D eigenvalue weighted by molar-refractivity contribution is 5.76. The third-order valence-electron chi connectivity index (χ3n) is 4.59. The van der Waals surface area contributed by atoms with Crippen LogP contribution in [0.4, 0.5) is 11.5 Å². The highest BCUT2D eigenvalue weighted by Gasteiger charge is 2.26. The fraction of sp³-hybridized carbons (Fsp3) is 0.353. The van der Waals surface area contributed by atoms with Crippen molar-refractivity contribution in [1.29, 1.82) is 0 Å². The third-order valence-corrected chi connectivity index (χ3v) is 4.59. The number of hydrogen-bond donors (Lipinski definition) is 1. The van der Waals surface area contributed by atoms with Crippen molar-refractivity contribution in [2.24, 2.45) is 5.92 Å². The summed E-state index contributed by atoms with van der Waals surface area (Å²) in [5.74, 6) is 0.791. The summed E-state index contributed by atoms with van der Waals surface area (Å²) in [5, 5.41) is 14.6. The fourth-order valence-corrected chi connectivity index (χ4v) is 3.11. The number of fused-ring (bicyclic) bond motifs is 1. The van der Waals surface area contributed by atoms with Crippen molar-refractivity contribution in [3.63, 3.8) is 0 Å². The molecular weight excluding hydrogens is 336 g/mol. The molecule has 0 aliphatic carbocycles. The molecule has 0 spiro atoms. The lowest BCUT2D eigenvalue weighted by Crippen LogP contribution is -2.36. The van der Waals surface area contributed by atoms with Crippen molar-refractivity contribution in [3.8, 4) is 5.95 Å². The molecule has 2 aromatic heterocycles. The highest BCUT2D eigenvalue weighted by Crippen LogP contribution is 2.27. The lowest BCUT2D eigenvalue weighted by molar-refractivity contribution is -0.384. The van der Waals surface area contributed by atoms with Crippen molar-refractivity contribution >= 4 is 22.5 Å². The highest BCUT2D eigenvalue weighted by atomic mass is 16.6. The Labute approximate surface area is 149 Å². The largest absolute Gasteiger partial charge is 0.381 e. The van der Waals surface area contributed by atoms with E-state index in [1.807, 2.05) is 31.2 Å². The van der Waals surface area contributed by atoms with Gasteiger partial charge in [-0.1, -0.05) is 19.1 Å². The minimum Gasteiger partial charge on any atom is -0.381 e. The van der Waals surface area contributed by atoms with E-state index in [4.69, 9.17) is 4.74 Å². The van der Waals surface area contributed by atoms with Crippen LogP contribution in [0.15, 0.2) is 36.8 Å². The second-order valence-corrected chi connectivity index (χ2v) is 6.36. The molecule has 0 saturated carbocycles. The first kappa shape index (κ1) is 16.4. The van der Waals surface area contributed by atoms with Crippen LogP contribution < -0.4 is 5.32 Å². The molecule has 1 aliphatic rings. The summed E-state index contributed by atoms with van der Waals surface area (Å²) in [4.78, 5) is 23.9. The van der Waals surface area contributed by atoms with Gasteiger partial charge in [0.1, 0.15) is 12.5 Å². The maximum atomic E-state index is 11.4. The van der Waals surface area contributed by atoms with Gasteiger partial charge in [0.05, 0.1) is 22.6 Å². The molecule has 134 valence electrons. The number of benzene rings is 1. The van der Waals surface area contributed by atoms with Gasteiger partial charge in [-0.25, -0.2) is 9.97 Å². The summed E-state index contributed by atoms with van der Waals surface area (Å²) in [6.45, 7) is 3.30. The number of nitrogens with one attached hydrogen (secondary N) is 1. The van der Waals surface area contributed by atoms with E-state index >= 15 is 0 Å². The van der Waals surface area contributed by atoms with Crippen LogP contribution in [0.5, 0.6) is 0 Å². The predicted molar refractivity (Wildman–Crippen MR) is 95.3 cm³/mol. The molecule has 3 heterocycles. The van der Waals surface area contributed by atoms with Crippen LogP contribution >= 0.6 is 0 Å². The monoisotopic (exact) mass is 354 g/mol.